The van der Waals surface area contributed by atoms with E-state index in [-0.39, 0.29) is 11.9 Å². The first kappa shape index (κ1) is 19.9. The lowest BCUT2D eigenvalue weighted by Gasteiger charge is -2.38. The van der Waals surface area contributed by atoms with Crippen molar-refractivity contribution in [2.24, 2.45) is 5.16 Å². The van der Waals surface area contributed by atoms with Gasteiger partial charge >= 0.3 is 6.03 Å². The second-order valence-corrected chi connectivity index (χ2v) is 7.85. The van der Waals surface area contributed by atoms with E-state index in [1.54, 1.807) is 17.3 Å². The van der Waals surface area contributed by atoms with E-state index in [4.69, 9.17) is 4.84 Å². The fourth-order valence-corrected chi connectivity index (χ4v) is 3.76. The van der Waals surface area contributed by atoms with Crippen LogP contribution in [0.1, 0.15) is 30.4 Å². The molecule has 0 unspecified atom stereocenters. The Bertz CT molecular complexity index is 945. The minimum atomic E-state index is -0.635. The maximum absolute atomic E-state index is 12.7. The van der Waals surface area contributed by atoms with Crippen LogP contribution in [0.4, 0.5) is 10.5 Å². The van der Waals surface area contributed by atoms with Crippen molar-refractivity contribution in [1.82, 2.24) is 15.2 Å². The van der Waals surface area contributed by atoms with Crippen molar-refractivity contribution in [2.45, 2.75) is 38.3 Å². The summed E-state index contributed by atoms with van der Waals surface area (Å²) in [5, 5.41) is 9.82. The number of aryl methyl sites for hydroxylation is 1. The Morgan fingerprint density at radius 1 is 1.23 bits per heavy atom. The van der Waals surface area contributed by atoms with Crippen LogP contribution in [0.15, 0.2) is 53.9 Å². The number of nitrogens with one attached hydrogen (secondary N) is 2. The summed E-state index contributed by atoms with van der Waals surface area (Å²) in [7, 11) is 0. The number of carbonyl (C=O) groups is 2. The van der Waals surface area contributed by atoms with Crippen LogP contribution in [0.5, 0.6) is 0 Å². The van der Waals surface area contributed by atoms with Gasteiger partial charge in [0, 0.05) is 37.6 Å². The van der Waals surface area contributed by atoms with Gasteiger partial charge in [0.05, 0.1) is 6.54 Å². The molecule has 1 spiro atoms. The van der Waals surface area contributed by atoms with Gasteiger partial charge in [-0.3, -0.25) is 9.78 Å². The summed E-state index contributed by atoms with van der Waals surface area (Å²) in [6.07, 6.45) is 5.33. The smallest absolute Gasteiger partial charge is 0.321 e. The summed E-state index contributed by atoms with van der Waals surface area (Å²) < 4.78 is 0. The highest BCUT2D eigenvalue weighted by atomic mass is 16.7. The first-order chi connectivity index (χ1) is 14.5. The van der Waals surface area contributed by atoms with Crippen LogP contribution < -0.4 is 10.6 Å². The van der Waals surface area contributed by atoms with E-state index in [9.17, 15) is 9.59 Å². The normalized spacial score (nSPS) is 20.4. The Labute approximate surface area is 175 Å². The molecule has 3 amide bonds. The number of likely N-dealkylation sites (tertiary alicyclic amines) is 1. The number of piperidine rings is 1. The molecule has 3 heterocycles. The van der Waals surface area contributed by atoms with Gasteiger partial charge in [-0.25, -0.2) is 4.79 Å². The van der Waals surface area contributed by atoms with Gasteiger partial charge in [-0.2, -0.15) is 0 Å². The number of hydrogen-bond acceptors (Lipinski definition) is 5. The number of amides is 3. The Kier molecular flexibility index (Phi) is 5.65. The Morgan fingerprint density at radius 2 is 2.07 bits per heavy atom. The van der Waals surface area contributed by atoms with E-state index >= 15 is 0 Å². The lowest BCUT2D eigenvalue weighted by atomic mass is 9.88. The molecule has 1 aromatic carbocycles. The molecule has 2 aromatic rings. The molecular formula is C22H25N5O3. The van der Waals surface area contributed by atoms with Crippen molar-refractivity contribution in [1.29, 1.82) is 0 Å². The standard InChI is InChI=1S/C22H25N5O3/c1-16-5-7-18(8-6-16)25-21(29)27-11-3-9-22(15-27)12-19(26-30-22)20(28)24-14-17-4-2-10-23-13-17/h2,4-8,10,13H,3,9,11-12,14-15H2,1H3,(H,24,28)(H,25,29)/t22-/m0/s1. The molecule has 8 nitrogen and oxygen atoms in total. The molecule has 0 saturated carbocycles. The fourth-order valence-electron chi connectivity index (χ4n) is 3.76. The van der Waals surface area contributed by atoms with E-state index in [1.165, 1.54) is 0 Å². The molecule has 1 atom stereocenters. The summed E-state index contributed by atoms with van der Waals surface area (Å²) in [5.74, 6) is -0.253. The number of pyridine rings is 1. The second-order valence-electron chi connectivity index (χ2n) is 7.85. The van der Waals surface area contributed by atoms with Gasteiger partial charge < -0.3 is 20.4 Å². The van der Waals surface area contributed by atoms with E-state index < -0.39 is 5.60 Å². The third-order valence-corrected chi connectivity index (χ3v) is 5.41. The summed E-state index contributed by atoms with van der Waals surface area (Å²) in [4.78, 5) is 36.7. The minimum absolute atomic E-state index is 0.170. The number of rotatable bonds is 4. The van der Waals surface area contributed by atoms with Crippen LogP contribution >= 0.6 is 0 Å². The zero-order valence-corrected chi connectivity index (χ0v) is 16.9. The molecule has 1 aromatic heterocycles. The number of carbonyl (C=O) groups excluding carboxylic acids is 2. The highest BCUT2D eigenvalue weighted by Crippen LogP contribution is 2.33. The van der Waals surface area contributed by atoms with E-state index in [0.717, 1.165) is 29.7 Å². The van der Waals surface area contributed by atoms with Gasteiger partial charge in [-0.1, -0.05) is 28.9 Å². The quantitative estimate of drug-likeness (QED) is 0.815. The highest BCUT2D eigenvalue weighted by Gasteiger charge is 2.45. The van der Waals surface area contributed by atoms with Crippen molar-refractivity contribution in [3.63, 3.8) is 0 Å². The molecule has 0 bridgehead atoms. The van der Waals surface area contributed by atoms with Gasteiger partial charge in [0.25, 0.3) is 5.91 Å². The summed E-state index contributed by atoms with van der Waals surface area (Å²) in [6, 6.07) is 11.2. The molecule has 2 aliphatic rings. The van der Waals surface area contributed by atoms with Gasteiger partial charge in [0.1, 0.15) is 5.71 Å². The number of oxime groups is 1. The molecule has 1 saturated heterocycles. The molecule has 156 valence electrons. The number of hydrogen-bond donors (Lipinski definition) is 2. The largest absolute Gasteiger partial charge is 0.386 e. The topological polar surface area (TPSA) is 95.9 Å². The Balaban J connectivity index is 1.32. The predicted molar refractivity (Wildman–Crippen MR) is 113 cm³/mol. The summed E-state index contributed by atoms with van der Waals surface area (Å²) in [6.45, 7) is 3.42. The van der Waals surface area contributed by atoms with Crippen molar-refractivity contribution in [3.8, 4) is 0 Å². The van der Waals surface area contributed by atoms with Crippen molar-refractivity contribution in [3.05, 3.63) is 59.9 Å². The Hall–Kier alpha value is -3.42. The predicted octanol–water partition coefficient (Wildman–Crippen LogP) is 2.85. The minimum Gasteiger partial charge on any atom is -0.386 e. The first-order valence-electron chi connectivity index (χ1n) is 10.1. The average Bonchev–Trinajstić information content (AvgIpc) is 3.17. The first-order valence-corrected chi connectivity index (χ1v) is 10.1. The molecule has 2 aliphatic heterocycles. The SMILES string of the molecule is Cc1ccc(NC(=O)N2CCC[C@]3(CC(C(=O)NCc4cccnc4)=NO3)C2)cc1. The third kappa shape index (κ3) is 4.59. The van der Waals surface area contributed by atoms with Gasteiger partial charge in [-0.15, -0.1) is 0 Å². The van der Waals surface area contributed by atoms with Crippen LogP contribution in [0, 0.1) is 6.92 Å². The van der Waals surface area contributed by atoms with Crippen LogP contribution in [-0.4, -0.2) is 46.2 Å². The molecule has 2 N–H and O–H groups in total. The monoisotopic (exact) mass is 407 g/mol. The second kappa shape index (κ2) is 8.52. The number of aromatic nitrogens is 1. The molecule has 0 aliphatic carbocycles. The van der Waals surface area contributed by atoms with E-state index in [1.807, 2.05) is 43.3 Å². The summed E-state index contributed by atoms with van der Waals surface area (Å²) in [5.41, 5.74) is 2.53. The highest BCUT2D eigenvalue weighted by molar-refractivity contribution is 6.39. The van der Waals surface area contributed by atoms with E-state index in [0.29, 0.717) is 31.8 Å². The van der Waals surface area contributed by atoms with Crippen molar-refractivity contribution < 1.29 is 14.4 Å². The van der Waals surface area contributed by atoms with E-state index in [2.05, 4.69) is 20.8 Å². The van der Waals surface area contributed by atoms with Crippen molar-refractivity contribution in [2.75, 3.05) is 18.4 Å². The van der Waals surface area contributed by atoms with Crippen molar-refractivity contribution >= 4 is 23.3 Å². The molecule has 1 fully saturated rings. The van der Waals surface area contributed by atoms with Gasteiger partial charge in [0.2, 0.25) is 0 Å². The average molecular weight is 407 g/mol. The lowest BCUT2D eigenvalue weighted by molar-refractivity contribution is -0.115. The Morgan fingerprint density at radius 3 is 2.83 bits per heavy atom. The van der Waals surface area contributed by atoms with Crippen LogP contribution in [0.3, 0.4) is 0 Å². The van der Waals surface area contributed by atoms with Crippen LogP contribution in [0.25, 0.3) is 0 Å². The summed E-state index contributed by atoms with van der Waals surface area (Å²) >= 11 is 0. The lowest BCUT2D eigenvalue weighted by Crippen LogP contribution is -2.52. The molecule has 4 rings (SSSR count). The van der Waals surface area contributed by atoms with Gasteiger partial charge in [-0.05, 0) is 43.5 Å². The maximum Gasteiger partial charge on any atom is 0.321 e. The number of urea groups is 1. The van der Waals surface area contributed by atoms with Crippen LogP contribution in [0.2, 0.25) is 0 Å². The maximum atomic E-state index is 12.7. The molecular weight excluding hydrogens is 382 g/mol. The zero-order chi connectivity index (χ0) is 21.0. The number of anilines is 1. The number of nitrogens with zero attached hydrogens (tertiary/aromatic N) is 3. The molecule has 8 heteroatoms. The molecule has 0 radical (unpaired) electrons. The van der Waals surface area contributed by atoms with Gasteiger partial charge in [0.15, 0.2) is 5.60 Å². The fraction of sp³-hybridized carbons (Fsp3) is 0.364. The van der Waals surface area contributed by atoms with Crippen LogP contribution in [-0.2, 0) is 16.2 Å². The number of benzene rings is 1. The molecule has 30 heavy (non-hydrogen) atoms. The third-order valence-electron chi connectivity index (χ3n) is 5.41. The zero-order valence-electron chi connectivity index (χ0n) is 16.9.